The van der Waals surface area contributed by atoms with Crippen molar-refractivity contribution in [2.45, 2.75) is 79.3 Å². The van der Waals surface area contributed by atoms with E-state index in [2.05, 4.69) is 43.8 Å². The fraction of sp³-hybridized carbons (Fsp3) is 0.400. The fourth-order valence-electron chi connectivity index (χ4n) is 5.61. The van der Waals surface area contributed by atoms with Gasteiger partial charge in [0.05, 0.1) is 50.6 Å². The molecule has 6 rings (SSSR count). The van der Waals surface area contributed by atoms with Gasteiger partial charge in [-0.05, 0) is 61.1 Å². The average molecular weight is 799 g/mol. The van der Waals surface area contributed by atoms with Crippen molar-refractivity contribution in [1.29, 1.82) is 0 Å². The van der Waals surface area contributed by atoms with Crippen LogP contribution in [0.3, 0.4) is 0 Å². The fourth-order valence-corrected chi connectivity index (χ4v) is 5.61. The van der Waals surface area contributed by atoms with Gasteiger partial charge in [0.1, 0.15) is 11.0 Å². The molecule has 0 saturated heterocycles. The van der Waals surface area contributed by atoms with Gasteiger partial charge >= 0.3 is 35.3 Å². The normalized spacial score (nSPS) is 11.0. The molecule has 6 aromatic rings. The largest absolute Gasteiger partial charge is 0.463 e. The molecule has 0 unspecified atom stereocenters. The van der Waals surface area contributed by atoms with E-state index in [-0.39, 0.29) is 48.1 Å². The quantitative estimate of drug-likeness (QED) is 0.0661. The van der Waals surface area contributed by atoms with Crippen LogP contribution in [0.15, 0.2) is 58.1 Å². The van der Waals surface area contributed by atoms with Crippen molar-refractivity contribution in [1.82, 2.24) is 39.0 Å². The summed E-state index contributed by atoms with van der Waals surface area (Å²) >= 11 is 0. The molecule has 4 heterocycles. The van der Waals surface area contributed by atoms with E-state index < -0.39 is 11.9 Å². The Labute approximate surface area is 333 Å². The lowest BCUT2D eigenvalue weighted by molar-refractivity contribution is 0.0496. The number of nitrogens with one attached hydrogen (secondary N) is 2. The maximum absolute atomic E-state index is 12.5. The van der Waals surface area contributed by atoms with Crippen LogP contribution in [0.5, 0.6) is 12.0 Å². The summed E-state index contributed by atoms with van der Waals surface area (Å²) in [6, 6.07) is 14.2. The van der Waals surface area contributed by atoms with Crippen LogP contribution >= 0.6 is 0 Å². The highest BCUT2D eigenvalue weighted by molar-refractivity contribution is 5.90. The van der Waals surface area contributed by atoms with Gasteiger partial charge in [-0.2, -0.15) is 19.9 Å². The number of ether oxygens (including phenoxy) is 4. The summed E-state index contributed by atoms with van der Waals surface area (Å²) in [6.07, 6.45) is 5.18. The van der Waals surface area contributed by atoms with E-state index >= 15 is 0 Å². The first-order valence-corrected chi connectivity index (χ1v) is 19.4. The van der Waals surface area contributed by atoms with Crippen LogP contribution in [0.1, 0.15) is 98.1 Å². The van der Waals surface area contributed by atoms with E-state index in [0.717, 1.165) is 49.7 Å². The molecule has 0 saturated carbocycles. The molecule has 0 aliphatic heterocycles. The number of hydrogen-bond donors (Lipinski definition) is 4. The molecule has 6 N–H and O–H groups in total. The molecule has 0 aliphatic rings. The number of aromatic amines is 2. The number of nitrogens with zero attached hydrogens (tertiary/aromatic N) is 6. The summed E-state index contributed by atoms with van der Waals surface area (Å²) in [7, 11) is 0. The van der Waals surface area contributed by atoms with E-state index in [1.165, 1.54) is 9.13 Å². The molecule has 0 atom stereocenters. The number of aromatic nitrogens is 8. The Hall–Kier alpha value is -6.72. The predicted molar refractivity (Wildman–Crippen MR) is 218 cm³/mol. The molecule has 0 spiro atoms. The van der Waals surface area contributed by atoms with Crippen LogP contribution in [0.25, 0.3) is 22.3 Å². The Kier molecular flexibility index (Phi) is 15.0. The number of hydrogen-bond acceptors (Lipinski definition) is 14. The molecular formula is C40H50N10O8. The molecule has 58 heavy (non-hydrogen) atoms. The zero-order valence-electron chi connectivity index (χ0n) is 33.2. The Morgan fingerprint density at radius 1 is 0.603 bits per heavy atom. The van der Waals surface area contributed by atoms with Crippen LogP contribution in [-0.4, -0.2) is 77.4 Å². The van der Waals surface area contributed by atoms with Gasteiger partial charge in [0.15, 0.2) is 22.9 Å². The molecular weight excluding hydrogens is 749 g/mol. The number of imidazole rings is 2. The van der Waals surface area contributed by atoms with Gasteiger partial charge in [-0.3, -0.25) is 9.13 Å². The van der Waals surface area contributed by atoms with E-state index in [1.54, 1.807) is 36.4 Å². The zero-order valence-corrected chi connectivity index (χ0v) is 33.2. The SMILES string of the molecule is CCCCOc1nc(N)c2[nH]c(=O)n(Cc3cccc(C(=O)OCCC)c3)c2n1.CCCCOc1nc(N)c2[nH]c(=O)n(Cc3cccc(C(=O)OCCC)c3)c2n1. The third kappa shape index (κ3) is 10.8. The van der Waals surface area contributed by atoms with Gasteiger partial charge in [-0.1, -0.05) is 64.8 Å². The summed E-state index contributed by atoms with van der Waals surface area (Å²) in [4.78, 5) is 71.4. The number of esters is 2. The topological polar surface area (TPSA) is 250 Å². The number of nitrogens with two attached hydrogens (primary N) is 2. The number of carbonyl (C=O) groups excluding carboxylic acids is 2. The molecule has 18 nitrogen and oxygen atoms in total. The molecule has 18 heteroatoms. The van der Waals surface area contributed by atoms with Crippen molar-refractivity contribution in [2.24, 2.45) is 0 Å². The second-order valence-corrected chi connectivity index (χ2v) is 13.3. The molecule has 4 aromatic heterocycles. The number of nitrogen functional groups attached to an aromatic ring is 2. The van der Waals surface area contributed by atoms with Crippen molar-refractivity contribution in [3.8, 4) is 12.0 Å². The molecule has 0 amide bonds. The van der Waals surface area contributed by atoms with Crippen LogP contribution in [0.2, 0.25) is 0 Å². The molecule has 0 aliphatic carbocycles. The number of carbonyl (C=O) groups is 2. The lowest BCUT2D eigenvalue weighted by Gasteiger charge is -2.08. The number of unbranched alkanes of at least 4 members (excludes halogenated alkanes) is 2. The number of rotatable bonds is 18. The van der Waals surface area contributed by atoms with E-state index in [0.29, 0.717) is 59.9 Å². The maximum atomic E-state index is 12.5. The maximum Gasteiger partial charge on any atom is 0.338 e. The minimum atomic E-state index is -0.391. The molecule has 0 radical (unpaired) electrons. The predicted octanol–water partition coefficient (Wildman–Crippen LogP) is 4.99. The third-order valence-corrected chi connectivity index (χ3v) is 8.60. The standard InChI is InChI=1S/2C20H25N5O4/c2*1-3-5-10-29-19-23-16(21)15-17(24-19)25(20(27)22-15)12-13-7-6-8-14(11-13)18(26)28-9-4-2/h2*6-8,11H,3-5,9-10,12H2,1-2H3,(H,22,27)(H2,21,23,24). The summed E-state index contributed by atoms with van der Waals surface area (Å²) in [5.74, 6) is -0.486. The average Bonchev–Trinajstić information content (AvgIpc) is 3.71. The smallest absolute Gasteiger partial charge is 0.338 e. The summed E-state index contributed by atoms with van der Waals surface area (Å²) in [5, 5.41) is 0. The second kappa shape index (κ2) is 20.4. The molecule has 0 fully saturated rings. The van der Waals surface area contributed by atoms with Crippen molar-refractivity contribution in [2.75, 3.05) is 37.9 Å². The first-order valence-electron chi connectivity index (χ1n) is 19.4. The summed E-state index contributed by atoms with van der Waals surface area (Å²) < 4.78 is 24.3. The molecule has 2 aromatic carbocycles. The Bertz CT molecular complexity index is 2280. The third-order valence-electron chi connectivity index (χ3n) is 8.60. The Morgan fingerprint density at radius 2 is 1.02 bits per heavy atom. The lowest BCUT2D eigenvalue weighted by atomic mass is 10.1. The van der Waals surface area contributed by atoms with Crippen LogP contribution in [0, 0.1) is 0 Å². The highest BCUT2D eigenvalue weighted by Gasteiger charge is 2.18. The highest BCUT2D eigenvalue weighted by Crippen LogP contribution is 2.21. The molecule has 308 valence electrons. The summed E-state index contributed by atoms with van der Waals surface area (Å²) in [5.41, 5.74) is 15.0. The van der Waals surface area contributed by atoms with Gasteiger partial charge in [-0.15, -0.1) is 0 Å². The number of benzene rings is 2. The van der Waals surface area contributed by atoms with Crippen LogP contribution in [0.4, 0.5) is 11.6 Å². The number of anilines is 2. The minimum Gasteiger partial charge on any atom is -0.463 e. The van der Waals surface area contributed by atoms with Gasteiger partial charge < -0.3 is 40.4 Å². The lowest BCUT2D eigenvalue weighted by Crippen LogP contribution is -2.18. The first-order chi connectivity index (χ1) is 28.1. The minimum absolute atomic E-state index is 0.132. The van der Waals surface area contributed by atoms with Crippen LogP contribution < -0.4 is 32.3 Å². The Morgan fingerprint density at radius 3 is 1.40 bits per heavy atom. The van der Waals surface area contributed by atoms with Crippen LogP contribution in [-0.2, 0) is 22.6 Å². The summed E-state index contributed by atoms with van der Waals surface area (Å²) in [6.45, 7) is 10.1. The van der Waals surface area contributed by atoms with Gasteiger partial charge in [-0.25, -0.2) is 19.2 Å². The zero-order chi connectivity index (χ0) is 41.6. The van der Waals surface area contributed by atoms with Crippen molar-refractivity contribution in [3.05, 3.63) is 91.8 Å². The van der Waals surface area contributed by atoms with Gasteiger partial charge in [0.2, 0.25) is 0 Å². The number of fused-ring (bicyclic) bond motifs is 2. The van der Waals surface area contributed by atoms with E-state index in [9.17, 15) is 19.2 Å². The second-order valence-electron chi connectivity index (χ2n) is 13.3. The molecule has 0 bridgehead atoms. The van der Waals surface area contributed by atoms with E-state index in [4.69, 9.17) is 30.4 Å². The number of H-pyrrole nitrogens is 2. The monoisotopic (exact) mass is 798 g/mol. The van der Waals surface area contributed by atoms with Crippen molar-refractivity contribution >= 4 is 45.9 Å². The van der Waals surface area contributed by atoms with Crippen molar-refractivity contribution in [3.63, 3.8) is 0 Å². The van der Waals surface area contributed by atoms with E-state index in [1.807, 2.05) is 26.0 Å². The Balaban J connectivity index is 0.000000221. The highest BCUT2D eigenvalue weighted by atomic mass is 16.5. The van der Waals surface area contributed by atoms with Gasteiger partial charge in [0.25, 0.3) is 0 Å². The van der Waals surface area contributed by atoms with Gasteiger partial charge in [0, 0.05) is 0 Å². The van der Waals surface area contributed by atoms with Crippen molar-refractivity contribution < 1.29 is 28.5 Å². The first kappa shape index (κ1) is 42.4.